The number of fused-ring (bicyclic) bond motifs is 1. The standard InChI is InChI=1S/C20H21N5O2S/c1-14-13-23(20(27)17-12-21-18-4-3-9-22-25(17)18)10-11-24(14)19(26)15-5-7-16(28-2)8-6-15/h3-9,12,14H,10-11,13H2,1-2H3. The fraction of sp³-hybridized carbons (Fsp3) is 0.300. The van der Waals surface area contributed by atoms with Gasteiger partial charge in [0.05, 0.1) is 6.20 Å². The lowest BCUT2D eigenvalue weighted by Gasteiger charge is -2.39. The molecule has 2 amide bonds. The molecule has 8 heteroatoms. The van der Waals surface area contributed by atoms with E-state index >= 15 is 0 Å². The maximum absolute atomic E-state index is 13.0. The molecule has 0 N–H and O–H groups in total. The van der Waals surface area contributed by atoms with Crippen LogP contribution in [0.25, 0.3) is 5.65 Å². The Morgan fingerprint density at radius 1 is 1.11 bits per heavy atom. The third kappa shape index (κ3) is 3.35. The Labute approximate surface area is 167 Å². The van der Waals surface area contributed by atoms with Crippen molar-refractivity contribution in [3.8, 4) is 0 Å². The van der Waals surface area contributed by atoms with Crippen LogP contribution in [0.3, 0.4) is 0 Å². The molecule has 1 saturated heterocycles. The van der Waals surface area contributed by atoms with Gasteiger partial charge < -0.3 is 9.80 Å². The Kier molecular flexibility index (Phi) is 5.04. The van der Waals surface area contributed by atoms with E-state index in [-0.39, 0.29) is 17.9 Å². The lowest BCUT2D eigenvalue weighted by molar-refractivity contribution is 0.0410. The Bertz CT molecular complexity index is 1020. The molecule has 1 aromatic carbocycles. The summed E-state index contributed by atoms with van der Waals surface area (Å²) in [6.07, 6.45) is 5.20. The molecule has 2 aromatic heterocycles. The van der Waals surface area contributed by atoms with Crippen LogP contribution < -0.4 is 0 Å². The number of hydrogen-bond acceptors (Lipinski definition) is 5. The lowest BCUT2D eigenvalue weighted by Crippen LogP contribution is -2.55. The molecule has 144 valence electrons. The minimum absolute atomic E-state index is 0.00345. The van der Waals surface area contributed by atoms with Crippen LogP contribution in [0.5, 0.6) is 0 Å². The Morgan fingerprint density at radius 3 is 2.61 bits per heavy atom. The first kappa shape index (κ1) is 18.5. The number of hydrogen-bond donors (Lipinski definition) is 0. The van der Waals surface area contributed by atoms with Gasteiger partial charge >= 0.3 is 0 Å². The van der Waals surface area contributed by atoms with Crippen LogP contribution in [0, 0.1) is 0 Å². The zero-order valence-electron chi connectivity index (χ0n) is 15.8. The number of carbonyl (C=O) groups is 2. The van der Waals surface area contributed by atoms with Crippen molar-refractivity contribution in [2.75, 3.05) is 25.9 Å². The first-order valence-electron chi connectivity index (χ1n) is 9.11. The summed E-state index contributed by atoms with van der Waals surface area (Å²) in [7, 11) is 0. The molecule has 3 aromatic rings. The van der Waals surface area contributed by atoms with Gasteiger partial charge in [-0.3, -0.25) is 9.59 Å². The SMILES string of the molecule is CSc1ccc(C(=O)N2CCN(C(=O)c3cnc4cccnn34)CC2C)cc1. The van der Waals surface area contributed by atoms with Gasteiger partial charge in [-0.25, -0.2) is 9.50 Å². The van der Waals surface area contributed by atoms with Crippen molar-refractivity contribution in [3.05, 3.63) is 60.0 Å². The van der Waals surface area contributed by atoms with E-state index in [2.05, 4.69) is 10.1 Å². The van der Waals surface area contributed by atoms with Crippen molar-refractivity contribution in [1.82, 2.24) is 24.4 Å². The van der Waals surface area contributed by atoms with Gasteiger partial charge in [-0.15, -0.1) is 11.8 Å². The van der Waals surface area contributed by atoms with Crippen LogP contribution in [0.4, 0.5) is 0 Å². The molecule has 1 unspecified atom stereocenters. The van der Waals surface area contributed by atoms with Gasteiger partial charge in [-0.1, -0.05) is 0 Å². The predicted molar refractivity (Wildman–Crippen MR) is 108 cm³/mol. The third-order valence-electron chi connectivity index (χ3n) is 5.01. The quantitative estimate of drug-likeness (QED) is 0.637. The summed E-state index contributed by atoms with van der Waals surface area (Å²) < 4.78 is 1.55. The van der Waals surface area contributed by atoms with E-state index in [4.69, 9.17) is 0 Å². The van der Waals surface area contributed by atoms with Crippen molar-refractivity contribution in [3.63, 3.8) is 0 Å². The highest BCUT2D eigenvalue weighted by Crippen LogP contribution is 2.19. The fourth-order valence-corrected chi connectivity index (χ4v) is 3.89. The van der Waals surface area contributed by atoms with Crippen molar-refractivity contribution in [2.45, 2.75) is 17.9 Å². The van der Waals surface area contributed by atoms with Crippen LogP contribution in [0.2, 0.25) is 0 Å². The van der Waals surface area contributed by atoms with Crippen molar-refractivity contribution < 1.29 is 9.59 Å². The molecule has 4 rings (SSSR count). The Morgan fingerprint density at radius 2 is 1.89 bits per heavy atom. The first-order chi connectivity index (χ1) is 13.6. The number of benzene rings is 1. The summed E-state index contributed by atoms with van der Waals surface area (Å²) in [5.41, 5.74) is 1.76. The topological polar surface area (TPSA) is 70.8 Å². The molecule has 3 heterocycles. The van der Waals surface area contributed by atoms with Gasteiger partial charge in [0.1, 0.15) is 0 Å². The van der Waals surface area contributed by atoms with E-state index in [1.807, 2.05) is 48.4 Å². The van der Waals surface area contributed by atoms with Crippen molar-refractivity contribution >= 4 is 29.2 Å². The normalized spacial score (nSPS) is 17.1. The molecule has 0 saturated carbocycles. The molecule has 7 nitrogen and oxygen atoms in total. The van der Waals surface area contributed by atoms with Crippen LogP contribution in [0.15, 0.2) is 53.7 Å². The van der Waals surface area contributed by atoms with E-state index in [0.29, 0.717) is 36.5 Å². The Hall–Kier alpha value is -2.87. The molecule has 28 heavy (non-hydrogen) atoms. The van der Waals surface area contributed by atoms with Gasteiger partial charge in [0.25, 0.3) is 11.8 Å². The highest BCUT2D eigenvalue weighted by Gasteiger charge is 2.31. The third-order valence-corrected chi connectivity index (χ3v) is 5.75. The number of thioether (sulfide) groups is 1. The highest BCUT2D eigenvalue weighted by atomic mass is 32.2. The molecule has 1 aliphatic rings. The number of amides is 2. The minimum Gasteiger partial charge on any atom is -0.333 e. The first-order valence-corrected chi connectivity index (χ1v) is 10.3. The average Bonchev–Trinajstić information content (AvgIpc) is 3.17. The van der Waals surface area contributed by atoms with Crippen molar-refractivity contribution in [1.29, 1.82) is 0 Å². The van der Waals surface area contributed by atoms with Gasteiger partial charge in [0, 0.05) is 42.3 Å². The summed E-state index contributed by atoms with van der Waals surface area (Å²) >= 11 is 1.65. The number of aromatic nitrogens is 3. The van der Waals surface area contributed by atoms with E-state index in [9.17, 15) is 9.59 Å². The summed E-state index contributed by atoms with van der Waals surface area (Å²) in [5.74, 6) is -0.113. The van der Waals surface area contributed by atoms with E-state index in [0.717, 1.165) is 4.90 Å². The number of piperazine rings is 1. The summed E-state index contributed by atoms with van der Waals surface area (Å²) in [5, 5.41) is 4.21. The molecular formula is C20H21N5O2S. The summed E-state index contributed by atoms with van der Waals surface area (Å²) in [6, 6.07) is 11.2. The van der Waals surface area contributed by atoms with Gasteiger partial charge in [0.2, 0.25) is 0 Å². The molecule has 1 fully saturated rings. The molecular weight excluding hydrogens is 374 g/mol. The maximum atomic E-state index is 13.0. The smallest absolute Gasteiger partial charge is 0.274 e. The van der Waals surface area contributed by atoms with Gasteiger partial charge in [-0.05, 0) is 49.6 Å². The zero-order valence-corrected chi connectivity index (χ0v) is 16.6. The van der Waals surface area contributed by atoms with E-state index in [1.165, 1.54) is 0 Å². The van der Waals surface area contributed by atoms with Gasteiger partial charge in [0.15, 0.2) is 11.3 Å². The number of carbonyl (C=O) groups excluding carboxylic acids is 2. The second kappa shape index (κ2) is 7.63. The largest absolute Gasteiger partial charge is 0.333 e. The highest BCUT2D eigenvalue weighted by molar-refractivity contribution is 7.98. The van der Waals surface area contributed by atoms with E-state index in [1.54, 1.807) is 39.6 Å². The van der Waals surface area contributed by atoms with Crippen molar-refractivity contribution in [2.24, 2.45) is 0 Å². The average molecular weight is 395 g/mol. The van der Waals surface area contributed by atoms with Gasteiger partial charge in [-0.2, -0.15) is 5.10 Å². The number of nitrogens with zero attached hydrogens (tertiary/aromatic N) is 5. The molecule has 0 radical (unpaired) electrons. The summed E-state index contributed by atoms with van der Waals surface area (Å²) in [4.78, 5) is 34.8. The molecule has 0 spiro atoms. The Balaban J connectivity index is 1.47. The van der Waals surface area contributed by atoms with Crippen LogP contribution >= 0.6 is 11.8 Å². The van der Waals surface area contributed by atoms with E-state index < -0.39 is 0 Å². The minimum atomic E-state index is -0.116. The monoisotopic (exact) mass is 395 g/mol. The van der Waals surface area contributed by atoms with Crippen LogP contribution in [-0.2, 0) is 0 Å². The van der Waals surface area contributed by atoms with Crippen LogP contribution in [-0.4, -0.2) is 68.1 Å². The lowest BCUT2D eigenvalue weighted by atomic mass is 10.1. The second-order valence-corrected chi connectivity index (χ2v) is 7.64. The maximum Gasteiger partial charge on any atom is 0.274 e. The zero-order chi connectivity index (χ0) is 19.7. The second-order valence-electron chi connectivity index (χ2n) is 6.76. The number of rotatable bonds is 3. The molecule has 0 aliphatic carbocycles. The number of imidazole rings is 1. The molecule has 0 bridgehead atoms. The molecule has 1 aliphatic heterocycles. The van der Waals surface area contributed by atoms with Crippen LogP contribution in [0.1, 0.15) is 27.8 Å². The predicted octanol–water partition coefficient (Wildman–Crippen LogP) is 2.44. The summed E-state index contributed by atoms with van der Waals surface area (Å²) in [6.45, 7) is 3.44. The fourth-order valence-electron chi connectivity index (χ4n) is 3.48. The molecule has 1 atom stereocenters.